The standard InChI is InChI=1S/C19H25N3O2S/c1-23-9-10-25-19-21-13-17(14-5-3-7-16(11-14)24-2)18(22-19)15-6-4-8-20-12-15/h3,5,7,11,13,15,20H,4,6,8-10,12H2,1-2H3. The molecule has 5 nitrogen and oxygen atoms in total. The first-order chi connectivity index (χ1) is 12.3. The number of thioether (sulfide) groups is 1. The molecule has 134 valence electrons. The molecule has 1 aliphatic heterocycles. The second-order valence-corrected chi connectivity index (χ2v) is 7.13. The molecule has 0 aliphatic carbocycles. The van der Waals surface area contributed by atoms with Crippen LogP contribution in [0.1, 0.15) is 24.5 Å². The Morgan fingerprint density at radius 2 is 2.24 bits per heavy atom. The van der Waals surface area contributed by atoms with Crippen LogP contribution < -0.4 is 10.1 Å². The first kappa shape index (κ1) is 18.2. The van der Waals surface area contributed by atoms with E-state index in [-0.39, 0.29) is 0 Å². The molecule has 1 atom stereocenters. The van der Waals surface area contributed by atoms with Crippen LogP contribution in [0.4, 0.5) is 0 Å². The van der Waals surface area contributed by atoms with E-state index >= 15 is 0 Å². The number of nitrogens with zero attached hydrogens (tertiary/aromatic N) is 2. The maximum atomic E-state index is 5.38. The van der Waals surface area contributed by atoms with Crippen molar-refractivity contribution in [2.45, 2.75) is 23.9 Å². The van der Waals surface area contributed by atoms with Crippen molar-refractivity contribution in [3.8, 4) is 16.9 Å². The number of hydrogen-bond acceptors (Lipinski definition) is 6. The lowest BCUT2D eigenvalue weighted by atomic mass is 9.91. The Kier molecular flexibility index (Phi) is 6.67. The number of rotatable bonds is 7. The molecule has 2 heterocycles. The summed E-state index contributed by atoms with van der Waals surface area (Å²) in [6.07, 6.45) is 4.29. The van der Waals surface area contributed by atoms with Crippen molar-refractivity contribution in [1.29, 1.82) is 0 Å². The zero-order valence-electron chi connectivity index (χ0n) is 14.8. The van der Waals surface area contributed by atoms with E-state index in [1.807, 2.05) is 18.3 Å². The Morgan fingerprint density at radius 3 is 3.00 bits per heavy atom. The molecule has 1 unspecified atom stereocenters. The number of nitrogens with one attached hydrogen (secondary N) is 1. The lowest BCUT2D eigenvalue weighted by Gasteiger charge is -2.24. The van der Waals surface area contributed by atoms with E-state index in [1.165, 1.54) is 6.42 Å². The summed E-state index contributed by atoms with van der Waals surface area (Å²) in [6.45, 7) is 2.76. The summed E-state index contributed by atoms with van der Waals surface area (Å²) < 4.78 is 10.5. The maximum Gasteiger partial charge on any atom is 0.187 e. The molecule has 25 heavy (non-hydrogen) atoms. The number of benzene rings is 1. The lowest BCUT2D eigenvalue weighted by Crippen LogP contribution is -2.29. The predicted molar refractivity (Wildman–Crippen MR) is 101 cm³/mol. The Balaban J connectivity index is 1.94. The van der Waals surface area contributed by atoms with Crippen LogP contribution in [-0.4, -0.2) is 49.6 Å². The molecule has 6 heteroatoms. The van der Waals surface area contributed by atoms with E-state index in [0.717, 1.165) is 53.0 Å². The third-order valence-corrected chi connectivity index (χ3v) is 5.20. The van der Waals surface area contributed by atoms with Gasteiger partial charge in [-0.1, -0.05) is 23.9 Å². The first-order valence-electron chi connectivity index (χ1n) is 8.65. The molecule has 3 rings (SSSR count). The van der Waals surface area contributed by atoms with E-state index in [4.69, 9.17) is 14.5 Å². The molecule has 0 radical (unpaired) electrons. The second-order valence-electron chi connectivity index (χ2n) is 6.07. The zero-order chi connectivity index (χ0) is 17.5. The molecule has 0 saturated carbocycles. The summed E-state index contributed by atoms with van der Waals surface area (Å²) in [5, 5.41) is 4.32. The van der Waals surface area contributed by atoms with Gasteiger partial charge in [0, 0.05) is 37.1 Å². The summed E-state index contributed by atoms with van der Waals surface area (Å²) >= 11 is 1.64. The fourth-order valence-electron chi connectivity index (χ4n) is 3.07. The smallest absolute Gasteiger partial charge is 0.187 e. The Labute approximate surface area is 153 Å². The number of methoxy groups -OCH3 is 2. The van der Waals surface area contributed by atoms with Gasteiger partial charge < -0.3 is 14.8 Å². The van der Waals surface area contributed by atoms with Gasteiger partial charge in [-0.25, -0.2) is 9.97 Å². The van der Waals surface area contributed by atoms with E-state index in [1.54, 1.807) is 26.0 Å². The third kappa shape index (κ3) is 4.71. The van der Waals surface area contributed by atoms with Gasteiger partial charge in [0.15, 0.2) is 5.16 Å². The largest absolute Gasteiger partial charge is 0.497 e. The van der Waals surface area contributed by atoms with Gasteiger partial charge in [0.05, 0.1) is 19.4 Å². The molecular weight excluding hydrogens is 334 g/mol. The summed E-state index contributed by atoms with van der Waals surface area (Å²) in [5.74, 6) is 2.13. The molecule has 2 aromatic rings. The van der Waals surface area contributed by atoms with Gasteiger partial charge in [0.25, 0.3) is 0 Å². The van der Waals surface area contributed by atoms with Crippen molar-refractivity contribution in [1.82, 2.24) is 15.3 Å². The number of hydrogen-bond donors (Lipinski definition) is 1. The molecule has 0 amide bonds. The van der Waals surface area contributed by atoms with Gasteiger partial charge in [0.2, 0.25) is 0 Å². The van der Waals surface area contributed by atoms with E-state index in [0.29, 0.717) is 12.5 Å². The molecule has 1 aromatic carbocycles. The number of aromatic nitrogens is 2. The van der Waals surface area contributed by atoms with Gasteiger partial charge in [-0.15, -0.1) is 0 Å². The van der Waals surface area contributed by atoms with Crippen LogP contribution in [-0.2, 0) is 4.74 Å². The van der Waals surface area contributed by atoms with Crippen LogP contribution in [0, 0.1) is 0 Å². The van der Waals surface area contributed by atoms with Gasteiger partial charge in [0.1, 0.15) is 5.75 Å². The zero-order valence-corrected chi connectivity index (χ0v) is 15.6. The topological polar surface area (TPSA) is 56.3 Å². The number of piperidine rings is 1. The average molecular weight is 359 g/mol. The van der Waals surface area contributed by atoms with Crippen LogP contribution in [0.5, 0.6) is 5.75 Å². The minimum absolute atomic E-state index is 0.416. The van der Waals surface area contributed by atoms with Crippen LogP contribution in [0.25, 0.3) is 11.1 Å². The van der Waals surface area contributed by atoms with Crippen molar-refractivity contribution in [2.75, 3.05) is 39.7 Å². The first-order valence-corrected chi connectivity index (χ1v) is 9.64. The summed E-state index contributed by atoms with van der Waals surface area (Å²) in [6, 6.07) is 8.12. The van der Waals surface area contributed by atoms with E-state index in [2.05, 4.69) is 22.4 Å². The Hall–Kier alpha value is -1.63. The minimum atomic E-state index is 0.416. The quantitative estimate of drug-likeness (QED) is 0.465. The molecule has 1 aliphatic rings. The van der Waals surface area contributed by atoms with Crippen molar-refractivity contribution in [3.63, 3.8) is 0 Å². The maximum absolute atomic E-state index is 5.38. The van der Waals surface area contributed by atoms with Gasteiger partial charge in [-0.05, 0) is 37.1 Å². The Bertz CT molecular complexity index is 690. The van der Waals surface area contributed by atoms with E-state index in [9.17, 15) is 0 Å². The second kappa shape index (κ2) is 9.17. The fraction of sp³-hybridized carbons (Fsp3) is 0.474. The predicted octanol–water partition coefficient (Wildman–Crippen LogP) is 3.36. The van der Waals surface area contributed by atoms with Crippen LogP contribution in [0.15, 0.2) is 35.6 Å². The van der Waals surface area contributed by atoms with Crippen LogP contribution >= 0.6 is 11.8 Å². The number of ether oxygens (including phenoxy) is 2. The van der Waals surface area contributed by atoms with Crippen molar-refractivity contribution in [3.05, 3.63) is 36.2 Å². The van der Waals surface area contributed by atoms with Crippen LogP contribution in [0.3, 0.4) is 0 Å². The van der Waals surface area contributed by atoms with Gasteiger partial charge >= 0.3 is 0 Å². The SMILES string of the molecule is COCCSc1ncc(-c2cccc(OC)c2)c(C2CCCNC2)n1. The summed E-state index contributed by atoms with van der Waals surface area (Å²) in [5.41, 5.74) is 3.34. The molecular formula is C19H25N3O2S. The minimum Gasteiger partial charge on any atom is -0.497 e. The molecule has 0 bridgehead atoms. The van der Waals surface area contributed by atoms with Gasteiger partial charge in [-0.2, -0.15) is 0 Å². The highest BCUT2D eigenvalue weighted by Crippen LogP contribution is 2.33. The fourth-order valence-corrected chi connectivity index (χ4v) is 3.80. The molecule has 1 N–H and O–H groups in total. The molecule has 1 fully saturated rings. The van der Waals surface area contributed by atoms with Crippen molar-refractivity contribution >= 4 is 11.8 Å². The van der Waals surface area contributed by atoms with Crippen molar-refractivity contribution in [2.24, 2.45) is 0 Å². The van der Waals surface area contributed by atoms with Gasteiger partial charge in [-0.3, -0.25) is 0 Å². The monoisotopic (exact) mass is 359 g/mol. The highest BCUT2D eigenvalue weighted by molar-refractivity contribution is 7.99. The lowest BCUT2D eigenvalue weighted by molar-refractivity contribution is 0.218. The molecule has 1 aromatic heterocycles. The summed E-state index contributed by atoms with van der Waals surface area (Å²) in [7, 11) is 3.41. The van der Waals surface area contributed by atoms with Crippen molar-refractivity contribution < 1.29 is 9.47 Å². The van der Waals surface area contributed by atoms with Crippen LogP contribution in [0.2, 0.25) is 0 Å². The molecule has 1 saturated heterocycles. The highest BCUT2D eigenvalue weighted by Gasteiger charge is 2.22. The van der Waals surface area contributed by atoms with E-state index < -0.39 is 0 Å². The average Bonchev–Trinajstić information content (AvgIpc) is 2.69. The highest BCUT2D eigenvalue weighted by atomic mass is 32.2. The normalized spacial score (nSPS) is 17.4. The molecule has 0 spiro atoms. The third-order valence-electron chi connectivity index (χ3n) is 4.38. The Morgan fingerprint density at radius 1 is 1.32 bits per heavy atom. The summed E-state index contributed by atoms with van der Waals surface area (Å²) in [4.78, 5) is 9.49.